The molecule has 1 fully saturated rings. The number of nitrogens with one attached hydrogen (secondary N) is 1. The van der Waals surface area contributed by atoms with Gasteiger partial charge in [0.2, 0.25) is 0 Å². The first kappa shape index (κ1) is 20.4. The minimum absolute atomic E-state index is 0.0286. The Morgan fingerprint density at radius 1 is 1.07 bits per heavy atom. The third-order valence-electron chi connectivity index (χ3n) is 5.41. The summed E-state index contributed by atoms with van der Waals surface area (Å²) in [5, 5.41) is 3.16. The van der Waals surface area contributed by atoms with E-state index in [0.717, 1.165) is 37.2 Å². The number of ether oxygens (including phenoxy) is 1. The largest absolute Gasteiger partial charge is 0.481 e. The molecule has 0 bridgehead atoms. The number of carbonyl (C=O) groups excluding carboxylic acids is 1. The molecule has 1 N–H and O–H groups in total. The van der Waals surface area contributed by atoms with Crippen molar-refractivity contribution in [2.24, 2.45) is 0 Å². The van der Waals surface area contributed by atoms with E-state index in [1.807, 2.05) is 49.4 Å². The number of rotatable bonds is 8. The highest BCUT2D eigenvalue weighted by atomic mass is 16.5. The second kappa shape index (κ2) is 10.3. The molecule has 1 saturated heterocycles. The second-order valence-electron chi connectivity index (χ2n) is 7.63. The highest BCUT2D eigenvalue weighted by molar-refractivity contribution is 5.81. The van der Waals surface area contributed by atoms with Crippen molar-refractivity contribution >= 4 is 5.91 Å². The fourth-order valence-corrected chi connectivity index (χ4v) is 3.62. The van der Waals surface area contributed by atoms with Crippen LogP contribution < -0.4 is 10.1 Å². The van der Waals surface area contributed by atoms with Crippen molar-refractivity contribution in [2.45, 2.75) is 51.7 Å². The van der Waals surface area contributed by atoms with E-state index in [4.69, 9.17) is 4.74 Å². The van der Waals surface area contributed by atoms with Crippen LogP contribution in [-0.4, -0.2) is 42.6 Å². The highest BCUT2D eigenvalue weighted by Crippen LogP contribution is 2.22. The molecule has 0 spiro atoms. The molecule has 150 valence electrons. The van der Waals surface area contributed by atoms with Crippen molar-refractivity contribution in [1.29, 1.82) is 0 Å². The number of hydrogen-bond acceptors (Lipinski definition) is 3. The van der Waals surface area contributed by atoms with E-state index >= 15 is 0 Å². The van der Waals surface area contributed by atoms with E-state index in [1.165, 1.54) is 24.9 Å². The first-order valence-electron chi connectivity index (χ1n) is 10.5. The van der Waals surface area contributed by atoms with Crippen molar-refractivity contribution in [3.63, 3.8) is 0 Å². The predicted molar refractivity (Wildman–Crippen MR) is 114 cm³/mol. The lowest BCUT2D eigenvalue weighted by Gasteiger charge is -2.32. The zero-order valence-electron chi connectivity index (χ0n) is 17.1. The molecule has 1 amide bonds. The van der Waals surface area contributed by atoms with Crippen molar-refractivity contribution in [3.05, 3.63) is 54.6 Å². The summed E-state index contributed by atoms with van der Waals surface area (Å²) in [5.74, 6) is 0.691. The van der Waals surface area contributed by atoms with Gasteiger partial charge >= 0.3 is 0 Å². The van der Waals surface area contributed by atoms with Crippen LogP contribution in [0.2, 0.25) is 0 Å². The lowest BCUT2D eigenvalue weighted by molar-refractivity contribution is -0.128. The van der Waals surface area contributed by atoms with E-state index in [9.17, 15) is 4.79 Å². The summed E-state index contributed by atoms with van der Waals surface area (Å²) in [7, 11) is 0. The molecule has 2 aromatic carbocycles. The van der Waals surface area contributed by atoms with Crippen LogP contribution in [0, 0.1) is 0 Å². The summed E-state index contributed by atoms with van der Waals surface area (Å²) < 4.78 is 5.86. The lowest BCUT2D eigenvalue weighted by atomic mass is 10.0. The molecular weight excluding hydrogens is 348 g/mol. The molecule has 1 unspecified atom stereocenters. The predicted octanol–water partition coefficient (Wildman–Crippen LogP) is 4.50. The first-order valence-corrected chi connectivity index (χ1v) is 10.5. The van der Waals surface area contributed by atoms with Gasteiger partial charge in [0.1, 0.15) is 5.75 Å². The van der Waals surface area contributed by atoms with E-state index in [2.05, 4.69) is 29.3 Å². The van der Waals surface area contributed by atoms with Gasteiger partial charge < -0.3 is 15.0 Å². The third-order valence-corrected chi connectivity index (χ3v) is 5.41. The van der Waals surface area contributed by atoms with Gasteiger partial charge in [-0.3, -0.25) is 4.79 Å². The van der Waals surface area contributed by atoms with Gasteiger partial charge in [-0.05, 0) is 56.0 Å². The molecule has 3 rings (SSSR count). The number of nitrogens with zero attached hydrogens (tertiary/aromatic N) is 1. The average molecular weight is 381 g/mol. The summed E-state index contributed by atoms with van der Waals surface area (Å²) in [6, 6.07) is 18.4. The fraction of sp³-hybridized carbons (Fsp3) is 0.458. The first-order chi connectivity index (χ1) is 13.7. The number of unbranched alkanes of at least 4 members (excludes halogenated alkanes) is 1. The van der Waals surface area contributed by atoms with Crippen molar-refractivity contribution in [3.8, 4) is 16.9 Å². The maximum absolute atomic E-state index is 12.5. The number of piperidine rings is 1. The van der Waals surface area contributed by atoms with Crippen molar-refractivity contribution < 1.29 is 9.53 Å². The van der Waals surface area contributed by atoms with Gasteiger partial charge in [-0.15, -0.1) is 0 Å². The van der Waals surface area contributed by atoms with Gasteiger partial charge in [-0.25, -0.2) is 0 Å². The SMILES string of the molecule is CCCCN1CCC(NC(=O)C(C)Oc2ccc(-c3ccccc3)cc2)CC1. The van der Waals surface area contributed by atoms with Crippen LogP contribution in [0.3, 0.4) is 0 Å². The molecule has 4 nitrogen and oxygen atoms in total. The van der Waals surface area contributed by atoms with Crippen LogP contribution in [0.25, 0.3) is 11.1 Å². The molecule has 28 heavy (non-hydrogen) atoms. The zero-order valence-corrected chi connectivity index (χ0v) is 17.1. The second-order valence-corrected chi connectivity index (χ2v) is 7.63. The summed E-state index contributed by atoms with van der Waals surface area (Å²) in [6.45, 7) is 7.36. The quantitative estimate of drug-likeness (QED) is 0.733. The molecule has 4 heteroatoms. The Labute approximate surface area is 168 Å². The summed E-state index contributed by atoms with van der Waals surface area (Å²) >= 11 is 0. The van der Waals surface area contributed by atoms with E-state index in [0.29, 0.717) is 0 Å². The Bertz CT molecular complexity index is 722. The van der Waals surface area contributed by atoms with Crippen LogP contribution >= 0.6 is 0 Å². The van der Waals surface area contributed by atoms with Crippen LogP contribution in [0.15, 0.2) is 54.6 Å². The Kier molecular flexibility index (Phi) is 7.49. The van der Waals surface area contributed by atoms with Gasteiger partial charge in [-0.2, -0.15) is 0 Å². The van der Waals surface area contributed by atoms with Crippen LogP contribution in [0.5, 0.6) is 5.75 Å². The van der Waals surface area contributed by atoms with Gasteiger partial charge in [0.15, 0.2) is 6.10 Å². The van der Waals surface area contributed by atoms with Crippen molar-refractivity contribution in [2.75, 3.05) is 19.6 Å². The smallest absolute Gasteiger partial charge is 0.260 e. The van der Waals surface area contributed by atoms with E-state index in [1.54, 1.807) is 0 Å². The normalized spacial score (nSPS) is 16.5. The zero-order chi connectivity index (χ0) is 19.8. The van der Waals surface area contributed by atoms with Gasteiger partial charge in [0, 0.05) is 19.1 Å². The lowest BCUT2D eigenvalue weighted by Crippen LogP contribution is -2.48. The number of carbonyl (C=O) groups is 1. The molecule has 1 atom stereocenters. The Hall–Kier alpha value is -2.33. The van der Waals surface area contributed by atoms with Gasteiger partial charge in [-0.1, -0.05) is 55.8 Å². The fourth-order valence-electron chi connectivity index (χ4n) is 3.62. The van der Waals surface area contributed by atoms with Crippen LogP contribution in [-0.2, 0) is 4.79 Å². The molecule has 0 aromatic heterocycles. The Morgan fingerprint density at radius 2 is 1.71 bits per heavy atom. The monoisotopic (exact) mass is 380 g/mol. The standard InChI is InChI=1S/C24H32N2O2/c1-3-4-16-26-17-14-22(15-18-26)25-24(27)19(2)28-23-12-10-21(11-13-23)20-8-6-5-7-9-20/h5-13,19,22H,3-4,14-18H2,1-2H3,(H,25,27). The van der Waals surface area contributed by atoms with E-state index < -0.39 is 6.10 Å². The summed E-state index contributed by atoms with van der Waals surface area (Å²) in [4.78, 5) is 15.0. The molecule has 2 aromatic rings. The third kappa shape index (κ3) is 5.83. The number of benzene rings is 2. The Balaban J connectivity index is 1.45. The van der Waals surface area contributed by atoms with Crippen molar-refractivity contribution in [1.82, 2.24) is 10.2 Å². The molecule has 1 aliphatic rings. The average Bonchev–Trinajstić information content (AvgIpc) is 2.74. The molecular formula is C24H32N2O2. The number of hydrogen-bond donors (Lipinski definition) is 1. The molecule has 1 heterocycles. The van der Waals surface area contributed by atoms with Gasteiger partial charge in [0.05, 0.1) is 0 Å². The molecule has 0 saturated carbocycles. The molecule has 0 aliphatic carbocycles. The maximum Gasteiger partial charge on any atom is 0.260 e. The highest BCUT2D eigenvalue weighted by Gasteiger charge is 2.23. The van der Waals surface area contributed by atoms with E-state index in [-0.39, 0.29) is 11.9 Å². The topological polar surface area (TPSA) is 41.6 Å². The summed E-state index contributed by atoms with van der Waals surface area (Å²) in [6.07, 6.45) is 4.03. The van der Waals surface area contributed by atoms with Crippen LogP contribution in [0.4, 0.5) is 0 Å². The number of likely N-dealkylation sites (tertiary alicyclic amines) is 1. The van der Waals surface area contributed by atoms with Gasteiger partial charge in [0.25, 0.3) is 5.91 Å². The maximum atomic E-state index is 12.5. The summed E-state index contributed by atoms with van der Waals surface area (Å²) in [5.41, 5.74) is 2.31. The minimum atomic E-state index is -0.499. The molecule has 1 aliphatic heterocycles. The van der Waals surface area contributed by atoms with Crippen LogP contribution in [0.1, 0.15) is 39.5 Å². The Morgan fingerprint density at radius 3 is 2.36 bits per heavy atom. The molecule has 0 radical (unpaired) electrons. The minimum Gasteiger partial charge on any atom is -0.481 e. The number of amides is 1.